The van der Waals surface area contributed by atoms with Crippen LogP contribution in [-0.2, 0) is 0 Å². The smallest absolute Gasteiger partial charge is 0.227 e. The third-order valence-electron chi connectivity index (χ3n) is 4.60. The van der Waals surface area contributed by atoms with Gasteiger partial charge in [0.2, 0.25) is 11.2 Å². The van der Waals surface area contributed by atoms with Crippen LogP contribution in [0.1, 0.15) is 5.76 Å². The SMILES string of the molecule is COc1cccc(-c2nc(-c3cc(Cl)cc(Cl)c3O)[nH]c2-c2oc(C)cc(=O)c2O)c1. The lowest BCUT2D eigenvalue weighted by molar-refractivity contribution is 0.415. The van der Waals surface area contributed by atoms with Crippen LogP contribution in [0.4, 0.5) is 0 Å². The van der Waals surface area contributed by atoms with Crippen LogP contribution in [0.3, 0.4) is 0 Å². The molecule has 0 fully saturated rings. The highest BCUT2D eigenvalue weighted by Crippen LogP contribution is 2.41. The summed E-state index contributed by atoms with van der Waals surface area (Å²) in [6, 6.07) is 11.1. The summed E-state index contributed by atoms with van der Waals surface area (Å²) in [6.45, 7) is 1.59. The second-order valence-corrected chi connectivity index (χ2v) is 7.57. The van der Waals surface area contributed by atoms with Gasteiger partial charge in [-0.3, -0.25) is 4.79 Å². The molecular weight excluding hydrogens is 443 g/mol. The molecular formula is C22H16Cl2N2O5. The number of H-pyrrole nitrogens is 1. The number of aryl methyl sites for hydroxylation is 1. The third kappa shape index (κ3) is 3.85. The number of hydrogen-bond donors (Lipinski definition) is 3. The summed E-state index contributed by atoms with van der Waals surface area (Å²) in [5.41, 5.74) is 0.848. The molecule has 2 aromatic carbocycles. The fourth-order valence-corrected chi connectivity index (χ4v) is 3.66. The number of rotatable bonds is 4. The van der Waals surface area contributed by atoms with E-state index < -0.39 is 11.2 Å². The van der Waals surface area contributed by atoms with Crippen molar-refractivity contribution in [3.8, 4) is 51.3 Å². The Labute approximate surface area is 186 Å². The first-order chi connectivity index (χ1) is 14.8. The van der Waals surface area contributed by atoms with Gasteiger partial charge in [0.25, 0.3) is 0 Å². The van der Waals surface area contributed by atoms with Gasteiger partial charge in [-0.2, -0.15) is 0 Å². The van der Waals surface area contributed by atoms with Gasteiger partial charge in [0.15, 0.2) is 5.76 Å². The Hall–Kier alpha value is -3.42. The average molecular weight is 459 g/mol. The molecule has 0 amide bonds. The van der Waals surface area contributed by atoms with E-state index in [0.29, 0.717) is 27.8 Å². The van der Waals surface area contributed by atoms with E-state index in [-0.39, 0.29) is 33.6 Å². The largest absolute Gasteiger partial charge is 0.506 e. The number of nitrogens with zero attached hydrogens (tertiary/aromatic N) is 1. The minimum absolute atomic E-state index is 0.0494. The molecule has 3 N–H and O–H groups in total. The van der Waals surface area contributed by atoms with Gasteiger partial charge in [-0.05, 0) is 31.2 Å². The number of phenols is 1. The summed E-state index contributed by atoms with van der Waals surface area (Å²) in [4.78, 5) is 19.8. The second-order valence-electron chi connectivity index (χ2n) is 6.72. The Balaban J connectivity index is 2.03. The van der Waals surface area contributed by atoms with Crippen LogP contribution in [0.25, 0.3) is 34.1 Å². The minimum Gasteiger partial charge on any atom is -0.506 e. The average Bonchev–Trinajstić information content (AvgIpc) is 3.18. The number of methoxy groups -OCH3 is 1. The van der Waals surface area contributed by atoms with Crippen molar-refractivity contribution >= 4 is 23.2 Å². The molecule has 9 heteroatoms. The van der Waals surface area contributed by atoms with Crippen LogP contribution in [0.15, 0.2) is 51.7 Å². The molecule has 0 bridgehead atoms. The first kappa shape index (κ1) is 20.8. The molecule has 0 spiro atoms. The fraction of sp³-hybridized carbons (Fsp3) is 0.0909. The summed E-state index contributed by atoms with van der Waals surface area (Å²) in [5, 5.41) is 21.2. The lowest BCUT2D eigenvalue weighted by Crippen LogP contribution is -2.01. The van der Waals surface area contributed by atoms with E-state index in [2.05, 4.69) is 9.97 Å². The molecule has 2 aromatic heterocycles. The number of aromatic amines is 1. The van der Waals surface area contributed by atoms with Crippen LogP contribution in [0.2, 0.25) is 10.0 Å². The van der Waals surface area contributed by atoms with Gasteiger partial charge in [-0.25, -0.2) is 4.98 Å². The lowest BCUT2D eigenvalue weighted by atomic mass is 10.1. The zero-order chi connectivity index (χ0) is 22.3. The summed E-state index contributed by atoms with van der Waals surface area (Å²) >= 11 is 12.2. The van der Waals surface area contributed by atoms with Crippen molar-refractivity contribution in [2.24, 2.45) is 0 Å². The Morgan fingerprint density at radius 1 is 1.10 bits per heavy atom. The van der Waals surface area contributed by atoms with Crippen LogP contribution in [-0.4, -0.2) is 27.3 Å². The molecule has 4 rings (SSSR count). The minimum atomic E-state index is -0.597. The van der Waals surface area contributed by atoms with Crippen LogP contribution < -0.4 is 10.2 Å². The number of benzene rings is 2. The van der Waals surface area contributed by atoms with Gasteiger partial charge < -0.3 is 24.4 Å². The second kappa shape index (κ2) is 8.02. The molecule has 4 aromatic rings. The number of imidazole rings is 1. The van der Waals surface area contributed by atoms with E-state index >= 15 is 0 Å². The van der Waals surface area contributed by atoms with Gasteiger partial charge >= 0.3 is 0 Å². The summed E-state index contributed by atoms with van der Waals surface area (Å²) < 4.78 is 10.9. The maximum atomic E-state index is 12.2. The fourth-order valence-electron chi connectivity index (χ4n) is 3.16. The molecule has 31 heavy (non-hydrogen) atoms. The molecule has 0 unspecified atom stereocenters. The molecule has 0 saturated heterocycles. The predicted octanol–water partition coefficient (Wildman–Crippen LogP) is 5.40. The maximum absolute atomic E-state index is 12.2. The number of aromatic hydroxyl groups is 2. The van der Waals surface area contributed by atoms with Crippen LogP contribution in [0, 0.1) is 6.92 Å². The molecule has 7 nitrogen and oxygen atoms in total. The molecule has 158 valence electrons. The number of halogens is 2. The highest BCUT2D eigenvalue weighted by atomic mass is 35.5. The van der Waals surface area contributed by atoms with Crippen molar-refractivity contribution in [1.29, 1.82) is 0 Å². The van der Waals surface area contributed by atoms with Crippen molar-refractivity contribution in [1.82, 2.24) is 9.97 Å². The van der Waals surface area contributed by atoms with Crippen molar-refractivity contribution < 1.29 is 19.4 Å². The van der Waals surface area contributed by atoms with Gasteiger partial charge in [0, 0.05) is 16.7 Å². The van der Waals surface area contributed by atoms with E-state index in [1.54, 1.807) is 31.2 Å². The summed E-state index contributed by atoms with van der Waals surface area (Å²) in [6.07, 6.45) is 0. The summed E-state index contributed by atoms with van der Waals surface area (Å²) in [5.74, 6) is 0.208. The van der Waals surface area contributed by atoms with E-state index in [4.69, 9.17) is 32.4 Å². The van der Waals surface area contributed by atoms with Crippen LogP contribution in [0.5, 0.6) is 17.2 Å². The van der Waals surface area contributed by atoms with Gasteiger partial charge in [-0.15, -0.1) is 0 Å². The monoisotopic (exact) mass is 458 g/mol. The molecule has 0 radical (unpaired) electrons. The van der Waals surface area contributed by atoms with Crippen molar-refractivity contribution in [2.75, 3.05) is 7.11 Å². The number of phenolic OH excluding ortho intramolecular Hbond substituents is 1. The molecule has 0 saturated carbocycles. The van der Waals surface area contributed by atoms with Crippen molar-refractivity contribution in [3.63, 3.8) is 0 Å². The normalized spacial score (nSPS) is 11.0. The molecule has 2 heterocycles. The quantitative estimate of drug-likeness (QED) is 0.377. The Morgan fingerprint density at radius 3 is 2.61 bits per heavy atom. The summed E-state index contributed by atoms with van der Waals surface area (Å²) in [7, 11) is 1.54. The number of aromatic nitrogens is 2. The molecule has 0 aliphatic rings. The zero-order valence-corrected chi connectivity index (χ0v) is 17.9. The standard InChI is InChI=1S/C22H16Cl2N2O5/c1-10-6-16(27)20(29)21(31-10)18-17(11-4-3-5-13(7-11)30-2)25-22(26-18)14-8-12(23)9-15(24)19(14)28/h3-9,28-29H,1-2H3,(H,25,26). The first-order valence-corrected chi connectivity index (χ1v) is 9.81. The number of ether oxygens (including phenoxy) is 1. The number of hydrogen-bond acceptors (Lipinski definition) is 6. The topological polar surface area (TPSA) is 109 Å². The maximum Gasteiger partial charge on any atom is 0.227 e. The van der Waals surface area contributed by atoms with Gasteiger partial charge in [0.1, 0.15) is 34.5 Å². The highest BCUT2D eigenvalue weighted by Gasteiger charge is 2.24. The van der Waals surface area contributed by atoms with Crippen molar-refractivity contribution in [3.05, 3.63) is 68.5 Å². The van der Waals surface area contributed by atoms with E-state index in [0.717, 1.165) is 0 Å². The third-order valence-corrected chi connectivity index (χ3v) is 5.11. The molecule has 0 atom stereocenters. The van der Waals surface area contributed by atoms with E-state index in [9.17, 15) is 15.0 Å². The van der Waals surface area contributed by atoms with E-state index in [1.165, 1.54) is 25.3 Å². The zero-order valence-electron chi connectivity index (χ0n) is 16.4. The number of nitrogens with one attached hydrogen (secondary N) is 1. The highest BCUT2D eigenvalue weighted by molar-refractivity contribution is 6.36. The Morgan fingerprint density at radius 2 is 1.87 bits per heavy atom. The van der Waals surface area contributed by atoms with Crippen molar-refractivity contribution in [2.45, 2.75) is 6.92 Å². The molecule has 0 aliphatic carbocycles. The lowest BCUT2D eigenvalue weighted by Gasteiger charge is -2.06. The molecule has 0 aliphatic heterocycles. The van der Waals surface area contributed by atoms with Crippen LogP contribution >= 0.6 is 23.2 Å². The Bertz CT molecular complexity index is 1360. The predicted molar refractivity (Wildman–Crippen MR) is 118 cm³/mol. The van der Waals surface area contributed by atoms with Gasteiger partial charge in [0.05, 0.1) is 17.7 Å². The van der Waals surface area contributed by atoms with E-state index in [1.807, 2.05) is 0 Å². The Kier molecular flexibility index (Phi) is 5.39. The van der Waals surface area contributed by atoms with Gasteiger partial charge in [-0.1, -0.05) is 35.3 Å². The first-order valence-electron chi connectivity index (χ1n) is 9.05.